The van der Waals surface area contributed by atoms with Crippen LogP contribution in [0.15, 0.2) is 101 Å². The molecule has 0 bridgehead atoms. The molecule has 0 saturated carbocycles. The van der Waals surface area contributed by atoms with Crippen molar-refractivity contribution < 1.29 is 0 Å². The van der Waals surface area contributed by atoms with Gasteiger partial charge in [0.1, 0.15) is 0 Å². The van der Waals surface area contributed by atoms with Crippen LogP contribution < -0.4 is 5.32 Å². The van der Waals surface area contributed by atoms with Gasteiger partial charge in [0, 0.05) is 21.4 Å². The molecule has 1 aliphatic rings. The topological polar surface area (TPSA) is 24.9 Å². The van der Waals surface area contributed by atoms with Crippen molar-refractivity contribution in [2.45, 2.75) is 9.79 Å². The number of para-hydroxylation sites is 3. The van der Waals surface area contributed by atoms with Crippen molar-refractivity contribution >= 4 is 34.0 Å². The van der Waals surface area contributed by atoms with Gasteiger partial charge in [0.15, 0.2) is 0 Å². The highest BCUT2D eigenvalue weighted by molar-refractivity contribution is 7.99. The van der Waals surface area contributed by atoms with Gasteiger partial charge in [-0.1, -0.05) is 60.3 Å². The van der Waals surface area contributed by atoms with Gasteiger partial charge in [0.05, 0.1) is 16.9 Å². The molecule has 1 aliphatic heterocycles. The number of anilines is 2. The lowest BCUT2D eigenvalue weighted by atomic mass is 10.2. The number of nitrogens with zero attached hydrogens (tertiary/aromatic N) is 1. The van der Waals surface area contributed by atoms with E-state index >= 15 is 0 Å². The minimum atomic E-state index is 1.06. The van der Waals surface area contributed by atoms with Crippen molar-refractivity contribution in [1.29, 1.82) is 0 Å². The summed E-state index contributed by atoms with van der Waals surface area (Å²) in [5, 5.41) is 4.62. The van der Waals surface area contributed by atoms with E-state index in [9.17, 15) is 0 Å². The van der Waals surface area contributed by atoms with E-state index in [-0.39, 0.29) is 0 Å². The summed E-state index contributed by atoms with van der Waals surface area (Å²) in [6, 6.07) is 28.8. The van der Waals surface area contributed by atoms with E-state index in [1.807, 2.05) is 42.2 Å². The molecule has 1 aromatic heterocycles. The lowest BCUT2D eigenvalue weighted by Gasteiger charge is -2.19. The third kappa shape index (κ3) is 3.12. The second-order valence-electron chi connectivity index (χ2n) is 5.42. The number of fused-ring (bicyclic) bond motifs is 3. The number of pyridine rings is 1. The summed E-state index contributed by atoms with van der Waals surface area (Å²) in [6.07, 6.45) is 1.81. The van der Waals surface area contributed by atoms with Crippen LogP contribution in [0.1, 0.15) is 0 Å². The standard InChI is InChI=1S/C12H9NS.C9H7N/c1-3-7-11-9(5-1)13-10-6-2-4-8-12(10)14-11;1-2-6-9-8(4-1)5-3-7-10-9/h1-8,13H;1-7H. The molecule has 0 unspecified atom stereocenters. The van der Waals surface area contributed by atoms with E-state index < -0.39 is 0 Å². The number of rotatable bonds is 0. The molecule has 4 aromatic rings. The second kappa shape index (κ2) is 6.77. The number of hydrogen-bond donors (Lipinski definition) is 1. The number of hydrogen-bond acceptors (Lipinski definition) is 3. The first-order chi connectivity index (χ1) is 11.9. The Morgan fingerprint density at radius 2 is 1.21 bits per heavy atom. The Morgan fingerprint density at radius 1 is 0.625 bits per heavy atom. The van der Waals surface area contributed by atoms with Crippen LogP contribution in [0.4, 0.5) is 11.4 Å². The van der Waals surface area contributed by atoms with Gasteiger partial charge in [-0.2, -0.15) is 0 Å². The predicted octanol–water partition coefficient (Wildman–Crippen LogP) is 6.13. The summed E-state index contributed by atoms with van der Waals surface area (Å²) in [6.45, 7) is 0. The van der Waals surface area contributed by atoms with Crippen molar-refractivity contribution in [3.63, 3.8) is 0 Å². The molecule has 2 heterocycles. The van der Waals surface area contributed by atoms with Crippen LogP contribution in [0.5, 0.6) is 0 Å². The maximum absolute atomic E-state index is 4.18. The summed E-state index contributed by atoms with van der Waals surface area (Å²) in [5.74, 6) is 0. The van der Waals surface area contributed by atoms with Gasteiger partial charge in [0.25, 0.3) is 0 Å². The highest BCUT2D eigenvalue weighted by atomic mass is 32.2. The maximum Gasteiger partial charge on any atom is 0.0701 e. The van der Waals surface area contributed by atoms with E-state index in [0.717, 1.165) is 5.52 Å². The van der Waals surface area contributed by atoms with Crippen LogP contribution in [0, 0.1) is 0 Å². The van der Waals surface area contributed by atoms with Crippen LogP contribution in [-0.4, -0.2) is 4.98 Å². The number of nitrogens with one attached hydrogen (secondary N) is 1. The molecule has 0 spiro atoms. The second-order valence-corrected chi connectivity index (χ2v) is 6.50. The van der Waals surface area contributed by atoms with Crippen LogP contribution in [0.2, 0.25) is 0 Å². The zero-order valence-corrected chi connectivity index (χ0v) is 13.8. The van der Waals surface area contributed by atoms with E-state index in [1.54, 1.807) is 0 Å². The Hall–Kier alpha value is -2.78. The maximum atomic E-state index is 4.18. The molecule has 2 nitrogen and oxygen atoms in total. The molecule has 5 rings (SSSR count). The molecule has 1 N–H and O–H groups in total. The molecule has 0 atom stereocenters. The largest absolute Gasteiger partial charge is 0.354 e. The summed E-state index contributed by atoms with van der Waals surface area (Å²) in [5.41, 5.74) is 3.47. The number of aromatic nitrogens is 1. The molecule has 0 aliphatic carbocycles. The Balaban J connectivity index is 0.000000129. The van der Waals surface area contributed by atoms with Crippen molar-refractivity contribution in [3.05, 3.63) is 91.1 Å². The fourth-order valence-electron chi connectivity index (χ4n) is 2.60. The molecule has 0 saturated heterocycles. The van der Waals surface area contributed by atoms with Crippen molar-refractivity contribution in [2.24, 2.45) is 0 Å². The molecule has 24 heavy (non-hydrogen) atoms. The first-order valence-corrected chi connectivity index (χ1v) is 8.64. The van der Waals surface area contributed by atoms with Crippen LogP contribution in [0.3, 0.4) is 0 Å². The van der Waals surface area contributed by atoms with Gasteiger partial charge in [-0.3, -0.25) is 4.98 Å². The van der Waals surface area contributed by atoms with Gasteiger partial charge in [-0.25, -0.2) is 0 Å². The summed E-state index contributed by atoms with van der Waals surface area (Å²) < 4.78 is 0. The quantitative estimate of drug-likeness (QED) is 0.370. The Labute approximate surface area is 145 Å². The summed E-state index contributed by atoms with van der Waals surface area (Å²) in [4.78, 5) is 6.78. The highest BCUT2D eigenvalue weighted by Crippen LogP contribution is 2.43. The number of benzene rings is 3. The Bertz CT molecular complexity index is 829. The Kier molecular flexibility index (Phi) is 4.17. The zero-order chi connectivity index (χ0) is 16.2. The van der Waals surface area contributed by atoms with E-state index in [2.05, 4.69) is 71.0 Å². The fourth-order valence-corrected chi connectivity index (χ4v) is 3.59. The van der Waals surface area contributed by atoms with E-state index in [4.69, 9.17) is 0 Å². The fraction of sp³-hybridized carbons (Fsp3) is 0. The summed E-state index contributed by atoms with van der Waals surface area (Å²) in [7, 11) is 0. The van der Waals surface area contributed by atoms with Crippen LogP contribution >= 0.6 is 11.8 Å². The van der Waals surface area contributed by atoms with Crippen LogP contribution in [0.25, 0.3) is 10.9 Å². The molecule has 0 radical (unpaired) electrons. The lowest BCUT2D eigenvalue weighted by molar-refractivity contribution is 1.32. The monoisotopic (exact) mass is 328 g/mol. The van der Waals surface area contributed by atoms with E-state index in [0.29, 0.717) is 0 Å². The molecule has 0 fully saturated rings. The molecule has 3 heteroatoms. The molecule has 116 valence electrons. The predicted molar refractivity (Wildman–Crippen MR) is 102 cm³/mol. The molecular weight excluding hydrogens is 312 g/mol. The van der Waals surface area contributed by atoms with Gasteiger partial charge in [0.2, 0.25) is 0 Å². The van der Waals surface area contributed by atoms with Crippen LogP contribution in [-0.2, 0) is 0 Å². The van der Waals surface area contributed by atoms with E-state index in [1.165, 1.54) is 26.6 Å². The third-order valence-electron chi connectivity index (χ3n) is 3.78. The highest BCUT2D eigenvalue weighted by Gasteiger charge is 2.13. The first kappa shape index (κ1) is 14.8. The van der Waals surface area contributed by atoms with Crippen molar-refractivity contribution in [1.82, 2.24) is 4.98 Å². The normalized spacial score (nSPS) is 11.5. The van der Waals surface area contributed by atoms with Gasteiger partial charge in [-0.05, 0) is 36.4 Å². The molecular formula is C21H16N2S. The van der Waals surface area contributed by atoms with Crippen molar-refractivity contribution in [2.75, 3.05) is 5.32 Å². The zero-order valence-electron chi connectivity index (χ0n) is 13.0. The summed E-state index contributed by atoms with van der Waals surface area (Å²) >= 11 is 1.82. The smallest absolute Gasteiger partial charge is 0.0701 e. The van der Waals surface area contributed by atoms with Gasteiger partial charge in [-0.15, -0.1) is 0 Å². The average Bonchev–Trinajstić information content (AvgIpc) is 2.67. The third-order valence-corrected chi connectivity index (χ3v) is 4.93. The van der Waals surface area contributed by atoms with Gasteiger partial charge < -0.3 is 5.32 Å². The van der Waals surface area contributed by atoms with Gasteiger partial charge >= 0.3 is 0 Å². The average molecular weight is 328 g/mol. The SMILES string of the molecule is c1ccc2c(c1)Nc1ccccc1S2.c1ccc2ncccc2c1. The molecule has 0 amide bonds. The Morgan fingerprint density at radius 3 is 1.92 bits per heavy atom. The minimum Gasteiger partial charge on any atom is -0.354 e. The lowest BCUT2D eigenvalue weighted by Crippen LogP contribution is -1.98. The first-order valence-electron chi connectivity index (χ1n) is 7.83. The minimum absolute atomic E-state index is 1.06. The molecule has 3 aromatic carbocycles. The van der Waals surface area contributed by atoms with Crippen molar-refractivity contribution in [3.8, 4) is 0 Å².